The molecule has 5 aromatic rings. The lowest BCUT2D eigenvalue weighted by atomic mass is 9.92. The minimum atomic E-state index is 0.740. The van der Waals surface area contributed by atoms with Crippen molar-refractivity contribution in [3.63, 3.8) is 0 Å². The number of hydrogen-bond donors (Lipinski definition) is 0. The van der Waals surface area contributed by atoms with Crippen LogP contribution in [0.2, 0.25) is 0 Å². The van der Waals surface area contributed by atoms with Crippen LogP contribution in [0.3, 0.4) is 0 Å². The molecule has 0 atom stereocenters. The average Bonchev–Trinajstić information content (AvgIpc) is 3.20. The summed E-state index contributed by atoms with van der Waals surface area (Å²) in [5.74, 6) is 0. The van der Waals surface area contributed by atoms with Crippen molar-refractivity contribution < 1.29 is 0 Å². The Hall–Kier alpha value is -4.02. The number of nitriles is 2. The minimum absolute atomic E-state index is 0.740. The van der Waals surface area contributed by atoms with E-state index in [0.29, 0.717) is 0 Å². The lowest BCUT2D eigenvalue weighted by Crippen LogP contribution is -2.00. The van der Waals surface area contributed by atoms with Gasteiger partial charge in [-0.25, -0.2) is 0 Å². The van der Waals surface area contributed by atoms with E-state index < -0.39 is 0 Å². The molecular weight excluding hydrogens is 344 g/mol. The average molecular weight is 356 g/mol. The van der Waals surface area contributed by atoms with Gasteiger partial charge in [0.2, 0.25) is 12.4 Å². The molecule has 0 bridgehead atoms. The van der Waals surface area contributed by atoms with E-state index in [1.165, 1.54) is 21.9 Å². The van der Waals surface area contributed by atoms with Crippen molar-refractivity contribution in [3.05, 3.63) is 70.4 Å². The molecule has 5 aromatic carbocycles. The molecule has 0 unspecified atom stereocenters. The Morgan fingerprint density at radius 3 is 1.43 bits per heavy atom. The summed E-state index contributed by atoms with van der Waals surface area (Å²) in [7, 11) is 0. The van der Waals surface area contributed by atoms with Gasteiger partial charge >= 0.3 is 0 Å². The molecule has 0 saturated heterocycles. The van der Waals surface area contributed by atoms with Crippen LogP contribution in [0.5, 0.6) is 0 Å². The summed E-state index contributed by atoms with van der Waals surface area (Å²) in [5.41, 5.74) is 2.55. The number of hydrogen-bond acceptors (Lipinski definition) is 4. The highest BCUT2D eigenvalue weighted by molar-refractivity contribution is 6.32. The van der Waals surface area contributed by atoms with E-state index in [9.17, 15) is 10.5 Å². The molecule has 128 valence electrons. The van der Waals surface area contributed by atoms with E-state index in [-0.39, 0.29) is 0 Å². The molecule has 0 aliphatic heterocycles. The second-order valence-corrected chi connectivity index (χ2v) is 7.21. The predicted molar refractivity (Wildman–Crippen MR) is 109 cm³/mol. The molecule has 1 aliphatic rings. The summed E-state index contributed by atoms with van der Waals surface area (Å²) in [6, 6.07) is 16.6. The number of benzene rings is 3. The molecule has 0 saturated carbocycles. The third kappa shape index (κ3) is 1.68. The second-order valence-electron chi connectivity index (χ2n) is 7.21. The normalized spacial score (nSPS) is 14.5. The zero-order valence-electron chi connectivity index (χ0n) is 14.8. The van der Waals surface area contributed by atoms with Gasteiger partial charge in [0.05, 0.1) is 10.7 Å². The van der Waals surface area contributed by atoms with E-state index in [2.05, 4.69) is 46.4 Å². The fraction of sp³-hybridized carbons (Fsp3) is 0.0833. The SMILES string of the molecule is N#CN=c1c2cccc3c2c2c1ccc1c(=NC#N)c4cccc(c4c12)CC3. The minimum Gasteiger partial charge on any atom is -0.172 e. The predicted octanol–water partition coefficient (Wildman–Crippen LogP) is 4.04. The Morgan fingerprint density at radius 1 is 0.571 bits per heavy atom. The molecule has 0 spiro atoms. The Balaban J connectivity index is 2.10. The van der Waals surface area contributed by atoms with Crippen LogP contribution in [0.1, 0.15) is 11.1 Å². The monoisotopic (exact) mass is 356 g/mol. The largest absolute Gasteiger partial charge is 0.206 e. The molecule has 28 heavy (non-hydrogen) atoms. The Labute approximate surface area is 159 Å². The zero-order chi connectivity index (χ0) is 18.8. The first-order valence-electron chi connectivity index (χ1n) is 9.20. The Bertz CT molecular complexity index is 1550. The van der Waals surface area contributed by atoms with Crippen LogP contribution in [-0.2, 0) is 12.8 Å². The standard InChI is InChI=1S/C24H12N4/c25-11-27-23-15-5-1-3-13-7-8-14-4-2-6-16-20(14)22-18(24(16)28-12-26)10-9-17(23)21(22)19(13)15/h1-6,9-10H,7-8H2. The van der Waals surface area contributed by atoms with Gasteiger partial charge in [-0.05, 0) is 34.7 Å². The first-order valence-corrected chi connectivity index (χ1v) is 9.20. The third-order valence-corrected chi connectivity index (χ3v) is 6.01. The van der Waals surface area contributed by atoms with Gasteiger partial charge in [-0.3, -0.25) is 0 Å². The lowest BCUT2D eigenvalue weighted by molar-refractivity contribution is 0.979. The van der Waals surface area contributed by atoms with Gasteiger partial charge in [-0.1, -0.05) is 48.5 Å². The molecule has 0 heterocycles. The summed E-state index contributed by atoms with van der Waals surface area (Å²) < 4.78 is 0. The maximum atomic E-state index is 9.29. The van der Waals surface area contributed by atoms with Crippen molar-refractivity contribution in [3.8, 4) is 12.4 Å². The van der Waals surface area contributed by atoms with Crippen molar-refractivity contribution in [2.24, 2.45) is 9.98 Å². The lowest BCUT2D eigenvalue weighted by Gasteiger charge is -2.11. The van der Waals surface area contributed by atoms with E-state index in [1.54, 1.807) is 0 Å². The number of nitrogens with zero attached hydrogens (tertiary/aromatic N) is 4. The van der Waals surface area contributed by atoms with Gasteiger partial charge in [0.25, 0.3) is 0 Å². The zero-order valence-corrected chi connectivity index (χ0v) is 14.8. The highest BCUT2D eigenvalue weighted by atomic mass is 14.7. The topological polar surface area (TPSA) is 72.3 Å². The molecule has 1 aliphatic carbocycles. The third-order valence-electron chi connectivity index (χ3n) is 6.01. The van der Waals surface area contributed by atoms with Crippen molar-refractivity contribution in [2.75, 3.05) is 0 Å². The molecule has 0 radical (unpaired) electrons. The smallest absolute Gasteiger partial charge is 0.172 e. The first kappa shape index (κ1) is 15.1. The van der Waals surface area contributed by atoms with Crippen LogP contribution in [0.25, 0.3) is 43.1 Å². The van der Waals surface area contributed by atoms with Crippen LogP contribution in [0, 0.1) is 22.9 Å². The van der Waals surface area contributed by atoms with E-state index in [4.69, 9.17) is 0 Å². The van der Waals surface area contributed by atoms with Crippen LogP contribution in [0.4, 0.5) is 0 Å². The van der Waals surface area contributed by atoms with E-state index in [1.807, 2.05) is 24.5 Å². The van der Waals surface area contributed by atoms with Crippen molar-refractivity contribution in [1.82, 2.24) is 0 Å². The number of aryl methyl sites for hydroxylation is 2. The molecule has 4 heteroatoms. The van der Waals surface area contributed by atoms with E-state index >= 15 is 0 Å². The number of rotatable bonds is 0. The molecule has 0 fully saturated rings. The fourth-order valence-corrected chi connectivity index (χ4v) is 5.02. The molecule has 0 amide bonds. The molecular formula is C24H12N4. The van der Waals surface area contributed by atoms with Gasteiger partial charge in [0.1, 0.15) is 0 Å². The quantitative estimate of drug-likeness (QED) is 0.393. The summed E-state index contributed by atoms with van der Waals surface area (Å²) in [6.45, 7) is 0. The molecule has 4 nitrogen and oxygen atoms in total. The first-order chi connectivity index (χ1) is 13.8. The van der Waals surface area contributed by atoms with Crippen LogP contribution in [-0.4, -0.2) is 0 Å². The summed E-state index contributed by atoms with van der Waals surface area (Å²) in [5, 5.41) is 28.7. The second kappa shape index (κ2) is 5.25. The Kier molecular flexibility index (Phi) is 2.83. The van der Waals surface area contributed by atoms with Gasteiger partial charge in [-0.15, -0.1) is 0 Å². The molecule has 0 N–H and O–H groups in total. The molecule has 6 rings (SSSR count). The highest BCUT2D eigenvalue weighted by Gasteiger charge is 2.22. The summed E-state index contributed by atoms with van der Waals surface area (Å²) in [6.07, 6.45) is 5.81. The fourth-order valence-electron chi connectivity index (χ4n) is 5.02. The van der Waals surface area contributed by atoms with Gasteiger partial charge in [-0.2, -0.15) is 20.5 Å². The van der Waals surface area contributed by atoms with Crippen molar-refractivity contribution >= 4 is 43.1 Å². The Morgan fingerprint density at radius 2 is 1.00 bits per heavy atom. The maximum absolute atomic E-state index is 9.29. The van der Waals surface area contributed by atoms with Gasteiger partial charge in [0.15, 0.2) is 0 Å². The van der Waals surface area contributed by atoms with Gasteiger partial charge < -0.3 is 0 Å². The molecule has 0 aromatic heterocycles. The van der Waals surface area contributed by atoms with Crippen molar-refractivity contribution in [1.29, 1.82) is 10.5 Å². The van der Waals surface area contributed by atoms with Gasteiger partial charge in [0, 0.05) is 32.3 Å². The van der Waals surface area contributed by atoms with Crippen molar-refractivity contribution in [2.45, 2.75) is 12.8 Å². The summed E-state index contributed by atoms with van der Waals surface area (Å²) >= 11 is 0. The summed E-state index contributed by atoms with van der Waals surface area (Å²) in [4.78, 5) is 8.35. The maximum Gasteiger partial charge on any atom is 0.206 e. The van der Waals surface area contributed by atoms with E-state index in [0.717, 1.165) is 55.9 Å². The van der Waals surface area contributed by atoms with Crippen LogP contribution < -0.4 is 10.7 Å². The highest BCUT2D eigenvalue weighted by Crippen LogP contribution is 2.40. The van der Waals surface area contributed by atoms with Crippen LogP contribution >= 0.6 is 0 Å². The van der Waals surface area contributed by atoms with Crippen LogP contribution in [0.15, 0.2) is 58.5 Å².